The fraction of sp³-hybridized carbons (Fsp3) is 0.581. The highest BCUT2D eigenvalue weighted by Crippen LogP contribution is 2.51. The molecule has 2 aliphatic rings. The van der Waals surface area contributed by atoms with Crippen molar-refractivity contribution < 1.29 is 45.4 Å². The summed E-state index contributed by atoms with van der Waals surface area (Å²) in [5.74, 6) is -2.42. The van der Waals surface area contributed by atoms with Gasteiger partial charge < -0.3 is 19.1 Å². The number of pyridine rings is 1. The topological polar surface area (TPSA) is 160 Å². The predicted molar refractivity (Wildman–Crippen MR) is 172 cm³/mol. The molecule has 274 valence electrons. The molecular weight excluding hydrogens is 707 g/mol. The van der Waals surface area contributed by atoms with Gasteiger partial charge in [-0.2, -0.15) is 26.7 Å². The second-order valence-electron chi connectivity index (χ2n) is 13.8. The lowest BCUT2D eigenvalue weighted by molar-refractivity contribution is -0.151. The van der Waals surface area contributed by atoms with Gasteiger partial charge in [-0.15, -0.1) is 5.10 Å². The van der Waals surface area contributed by atoms with Crippen LogP contribution in [0.25, 0.3) is 5.82 Å². The molecule has 14 nitrogen and oxygen atoms in total. The largest absolute Gasteiger partial charge is 0.477 e. The molecule has 50 heavy (non-hydrogen) atoms. The number of halogens is 4. The van der Waals surface area contributed by atoms with Gasteiger partial charge in [0.2, 0.25) is 5.88 Å². The third-order valence-corrected chi connectivity index (χ3v) is 9.72. The minimum Gasteiger partial charge on any atom is -0.477 e. The minimum absolute atomic E-state index is 0.0667. The summed E-state index contributed by atoms with van der Waals surface area (Å²) in [6, 6.07) is 5.39. The third-order valence-electron chi connectivity index (χ3n) is 8.21. The molecule has 1 saturated heterocycles. The van der Waals surface area contributed by atoms with Crippen molar-refractivity contribution in [2.45, 2.75) is 88.9 Å². The molecule has 5 rings (SSSR count). The number of amides is 2. The predicted octanol–water partition coefficient (Wildman–Crippen LogP) is 5.01. The Hall–Kier alpha value is -3.90. The second-order valence-corrected chi connectivity index (χ2v) is 15.8. The monoisotopic (exact) mass is 745 g/mol. The van der Waals surface area contributed by atoms with Crippen molar-refractivity contribution in [3.05, 3.63) is 47.4 Å². The molecule has 0 radical (unpaired) electrons. The number of carbonyl (C=O) groups excluding carboxylic acids is 2. The van der Waals surface area contributed by atoms with E-state index in [0.29, 0.717) is 13.0 Å². The van der Waals surface area contributed by atoms with E-state index in [9.17, 15) is 31.2 Å². The van der Waals surface area contributed by atoms with Gasteiger partial charge in [0.05, 0.1) is 43.9 Å². The van der Waals surface area contributed by atoms with Gasteiger partial charge >= 0.3 is 12.3 Å². The van der Waals surface area contributed by atoms with Crippen molar-refractivity contribution in [1.29, 1.82) is 0 Å². The van der Waals surface area contributed by atoms with Crippen LogP contribution in [0, 0.1) is 11.8 Å². The average molecular weight is 746 g/mol. The summed E-state index contributed by atoms with van der Waals surface area (Å²) in [7, 11) is -4.39. The van der Waals surface area contributed by atoms with E-state index in [-0.39, 0.29) is 61.1 Å². The van der Waals surface area contributed by atoms with E-state index >= 15 is 0 Å². The Morgan fingerprint density at radius 2 is 1.82 bits per heavy atom. The summed E-state index contributed by atoms with van der Waals surface area (Å²) in [6.07, 6.45) is -0.994. The first-order valence-electron chi connectivity index (χ1n) is 15.9. The standard InChI is InChI=1S/C31H39ClF3N7O7S/c1-29(2,3)49-28(44)41-18-20(17-30(41,4)5)47-15-13-40-11-9-25(38-40)50(45,46)39-27(43)21-6-7-23(36-26(21)32)42-12-8-24(37-42)48-14-10-19-16-22(19)31(33,34)35/h6-9,11-12,19-20,22H,10,13-18H2,1-5H3,(H,39,43). The number of rotatable bonds is 12. The Labute approximate surface area is 292 Å². The maximum Gasteiger partial charge on any atom is 0.410 e. The van der Waals surface area contributed by atoms with Crippen LogP contribution in [0.1, 0.15) is 64.2 Å². The van der Waals surface area contributed by atoms with Gasteiger partial charge in [-0.05, 0) is 78.0 Å². The van der Waals surface area contributed by atoms with Crippen molar-refractivity contribution in [2.75, 3.05) is 19.8 Å². The third kappa shape index (κ3) is 9.25. The fourth-order valence-corrected chi connectivity index (χ4v) is 6.75. The van der Waals surface area contributed by atoms with Gasteiger partial charge in [0, 0.05) is 24.0 Å². The van der Waals surface area contributed by atoms with Crippen molar-refractivity contribution in [3.63, 3.8) is 0 Å². The smallest absolute Gasteiger partial charge is 0.410 e. The van der Waals surface area contributed by atoms with E-state index in [4.69, 9.17) is 25.8 Å². The van der Waals surface area contributed by atoms with E-state index in [2.05, 4.69) is 15.2 Å². The summed E-state index contributed by atoms with van der Waals surface area (Å²) in [4.78, 5) is 31.3. The number of likely N-dealkylation sites (tertiary alicyclic amines) is 1. The fourth-order valence-electron chi connectivity index (χ4n) is 5.60. The van der Waals surface area contributed by atoms with E-state index in [1.165, 1.54) is 46.0 Å². The van der Waals surface area contributed by atoms with Crippen molar-refractivity contribution in [1.82, 2.24) is 34.2 Å². The van der Waals surface area contributed by atoms with Crippen LogP contribution in [0.2, 0.25) is 5.15 Å². The van der Waals surface area contributed by atoms with E-state index in [1.807, 2.05) is 18.6 Å². The molecule has 1 N–H and O–H groups in total. The number of nitrogens with one attached hydrogen (secondary N) is 1. The SMILES string of the molecule is CC(C)(C)OC(=O)N1CC(OCCn2ccc(S(=O)(=O)NC(=O)c3ccc(-n4ccc(OCCC5CC5C(F)(F)F)n4)nc3Cl)n2)CC1(C)C. The number of nitrogens with zero attached hydrogens (tertiary/aromatic N) is 6. The van der Waals surface area contributed by atoms with Gasteiger partial charge in [0.1, 0.15) is 10.8 Å². The number of carbonyl (C=O) groups is 2. The van der Waals surface area contributed by atoms with Gasteiger partial charge in [-0.3, -0.25) is 9.48 Å². The summed E-state index contributed by atoms with van der Waals surface area (Å²) in [6.45, 7) is 10.1. The molecule has 3 atom stereocenters. The van der Waals surface area contributed by atoms with Crippen molar-refractivity contribution >= 4 is 33.6 Å². The molecular formula is C31H39ClF3N7O7S. The van der Waals surface area contributed by atoms with Crippen LogP contribution in [0.4, 0.5) is 18.0 Å². The molecule has 3 unspecified atom stereocenters. The van der Waals surface area contributed by atoms with Crippen LogP contribution in [0.5, 0.6) is 5.88 Å². The number of aromatic nitrogens is 5. The first-order valence-corrected chi connectivity index (χ1v) is 17.7. The number of alkyl halides is 3. The highest BCUT2D eigenvalue weighted by molar-refractivity contribution is 7.90. The lowest BCUT2D eigenvalue weighted by Crippen LogP contribution is -2.45. The van der Waals surface area contributed by atoms with Gasteiger partial charge in [0.15, 0.2) is 10.8 Å². The zero-order valence-corrected chi connectivity index (χ0v) is 29.7. The van der Waals surface area contributed by atoms with E-state index in [1.54, 1.807) is 25.7 Å². The Morgan fingerprint density at radius 3 is 2.48 bits per heavy atom. The van der Waals surface area contributed by atoms with Crippen LogP contribution >= 0.6 is 11.6 Å². The van der Waals surface area contributed by atoms with Crippen LogP contribution in [-0.2, 0) is 26.0 Å². The number of hydrogen-bond acceptors (Lipinski definition) is 10. The Bertz CT molecular complexity index is 1820. The molecule has 1 aliphatic heterocycles. The van der Waals surface area contributed by atoms with Crippen molar-refractivity contribution in [2.24, 2.45) is 11.8 Å². The molecule has 1 saturated carbocycles. The summed E-state index contributed by atoms with van der Waals surface area (Å²) in [5, 5.41) is 7.53. The van der Waals surface area contributed by atoms with Gasteiger partial charge in [-0.1, -0.05) is 11.6 Å². The number of ether oxygens (including phenoxy) is 3. The Morgan fingerprint density at radius 1 is 1.08 bits per heavy atom. The normalized spacial score (nSPS) is 20.5. The minimum atomic E-state index is -4.39. The molecule has 4 heterocycles. The average Bonchev–Trinajstić information content (AvgIpc) is 3.27. The molecule has 0 bridgehead atoms. The highest BCUT2D eigenvalue weighted by Gasteiger charge is 2.55. The first kappa shape index (κ1) is 37.4. The Kier molecular flexibility index (Phi) is 10.5. The quantitative estimate of drug-likeness (QED) is 0.250. The molecule has 0 spiro atoms. The molecule has 19 heteroatoms. The molecule has 1 aliphatic carbocycles. The maximum absolute atomic E-state index is 12.9. The summed E-state index contributed by atoms with van der Waals surface area (Å²) >= 11 is 6.23. The lowest BCUT2D eigenvalue weighted by atomic mass is 10.0. The van der Waals surface area contributed by atoms with Crippen molar-refractivity contribution in [3.8, 4) is 11.7 Å². The second kappa shape index (κ2) is 14.0. The maximum atomic E-state index is 12.9. The van der Waals surface area contributed by atoms with Crippen LogP contribution < -0.4 is 9.46 Å². The number of hydrogen-bond donors (Lipinski definition) is 1. The molecule has 3 aromatic heterocycles. The van der Waals surface area contributed by atoms with Crippen LogP contribution in [0.15, 0.2) is 41.7 Å². The summed E-state index contributed by atoms with van der Waals surface area (Å²) in [5.41, 5.74) is -1.32. The van der Waals surface area contributed by atoms with E-state index in [0.717, 1.165) is 0 Å². The first-order chi connectivity index (χ1) is 23.2. The number of sulfonamides is 1. The zero-order chi connectivity index (χ0) is 36.6. The molecule has 2 amide bonds. The molecule has 0 aromatic carbocycles. The Balaban J connectivity index is 1.10. The highest BCUT2D eigenvalue weighted by atomic mass is 35.5. The molecule has 3 aromatic rings. The van der Waals surface area contributed by atoms with E-state index < -0.39 is 56.2 Å². The molecule has 2 fully saturated rings. The van der Waals surface area contributed by atoms with Gasteiger partial charge in [0.25, 0.3) is 15.9 Å². The van der Waals surface area contributed by atoms with Crippen LogP contribution in [0.3, 0.4) is 0 Å². The zero-order valence-electron chi connectivity index (χ0n) is 28.1. The van der Waals surface area contributed by atoms with Crippen LogP contribution in [-0.4, -0.2) is 93.0 Å². The van der Waals surface area contributed by atoms with Gasteiger partial charge in [-0.25, -0.2) is 19.2 Å². The summed E-state index contributed by atoms with van der Waals surface area (Å²) < 4.78 is 85.5. The lowest BCUT2D eigenvalue weighted by Gasteiger charge is -2.33.